The quantitative estimate of drug-likeness (QED) is 0.216. The molecular formula is C33H47FN6O2. The van der Waals surface area contributed by atoms with Crippen LogP contribution in [0.25, 0.3) is 10.9 Å². The zero-order valence-electron chi connectivity index (χ0n) is 25.7. The predicted molar refractivity (Wildman–Crippen MR) is 169 cm³/mol. The minimum atomic E-state index is -1.43. The number of nitrogens with two attached hydrogens (primary N) is 2. The summed E-state index contributed by atoms with van der Waals surface area (Å²) in [6.45, 7) is 12.1. The maximum absolute atomic E-state index is 13.2. The summed E-state index contributed by atoms with van der Waals surface area (Å²) in [6, 6.07) is 15.8. The molecule has 1 saturated heterocycles. The van der Waals surface area contributed by atoms with Crippen molar-refractivity contribution in [2.45, 2.75) is 97.2 Å². The Labute approximate surface area is 249 Å². The Balaban J connectivity index is 0.000000349. The van der Waals surface area contributed by atoms with Crippen molar-refractivity contribution in [2.75, 3.05) is 13.1 Å². The molecule has 42 heavy (non-hydrogen) atoms. The number of morpholine rings is 1. The third-order valence-corrected chi connectivity index (χ3v) is 8.07. The first kappa shape index (κ1) is 31.6. The van der Waals surface area contributed by atoms with E-state index >= 15 is 0 Å². The number of rotatable bonds is 6. The highest BCUT2D eigenvalue weighted by Gasteiger charge is 2.26. The molecule has 4 atom stereocenters. The van der Waals surface area contributed by atoms with E-state index in [2.05, 4.69) is 31.0 Å². The van der Waals surface area contributed by atoms with E-state index in [1.807, 2.05) is 59.7 Å². The summed E-state index contributed by atoms with van der Waals surface area (Å²) in [5.74, 6) is 0.540. The molecule has 8 nitrogen and oxygen atoms in total. The first-order valence-electron chi connectivity index (χ1n) is 15.3. The van der Waals surface area contributed by atoms with Crippen LogP contribution in [0.3, 0.4) is 0 Å². The summed E-state index contributed by atoms with van der Waals surface area (Å²) in [5.41, 5.74) is 14.2. The van der Waals surface area contributed by atoms with Crippen molar-refractivity contribution in [2.24, 2.45) is 22.4 Å². The van der Waals surface area contributed by atoms with Crippen LogP contribution in [0.4, 0.5) is 10.1 Å². The summed E-state index contributed by atoms with van der Waals surface area (Å²) in [5, 5.41) is 0.619. The lowest BCUT2D eigenvalue weighted by Gasteiger charge is -2.35. The van der Waals surface area contributed by atoms with E-state index in [0.717, 1.165) is 25.1 Å². The highest BCUT2D eigenvalue weighted by Crippen LogP contribution is 2.32. The molecule has 2 aliphatic heterocycles. The molecular weight excluding hydrogens is 531 g/mol. The number of hydrogen-bond donors (Lipinski definition) is 2. The average Bonchev–Trinajstić information content (AvgIpc) is 2.96. The monoisotopic (exact) mass is 578 g/mol. The lowest BCUT2D eigenvalue weighted by Crippen LogP contribution is -2.50. The van der Waals surface area contributed by atoms with E-state index in [1.165, 1.54) is 5.56 Å². The Kier molecular flexibility index (Phi) is 10.4. The van der Waals surface area contributed by atoms with Crippen molar-refractivity contribution in [3.05, 3.63) is 70.3 Å². The number of fused-ring (bicyclic) bond motifs is 2. The normalized spacial score (nSPS) is 22.3. The van der Waals surface area contributed by atoms with Crippen molar-refractivity contribution in [3.8, 4) is 0 Å². The van der Waals surface area contributed by atoms with E-state index in [-0.39, 0.29) is 23.7 Å². The highest BCUT2D eigenvalue weighted by atomic mass is 19.1. The van der Waals surface area contributed by atoms with Gasteiger partial charge in [-0.15, -0.1) is 0 Å². The number of alkyl halides is 1. The first-order chi connectivity index (χ1) is 20.0. The minimum absolute atomic E-state index is 0.0185. The lowest BCUT2D eigenvalue weighted by molar-refractivity contribution is -0.0483. The van der Waals surface area contributed by atoms with Crippen LogP contribution in [-0.4, -0.2) is 51.5 Å². The molecule has 3 aromatic rings. The van der Waals surface area contributed by atoms with Crippen LogP contribution < -0.4 is 17.0 Å². The molecule has 1 fully saturated rings. The fraction of sp³-hybridized carbons (Fsp3) is 0.545. The Morgan fingerprint density at radius 1 is 1.17 bits per heavy atom. The number of aromatic nitrogens is 2. The third-order valence-electron chi connectivity index (χ3n) is 8.07. The second kappa shape index (κ2) is 13.8. The number of halogens is 1. The summed E-state index contributed by atoms with van der Waals surface area (Å²) in [7, 11) is 0. The van der Waals surface area contributed by atoms with Gasteiger partial charge >= 0.3 is 0 Å². The van der Waals surface area contributed by atoms with Gasteiger partial charge in [0.05, 0.1) is 28.8 Å². The molecule has 0 spiro atoms. The van der Waals surface area contributed by atoms with E-state index in [4.69, 9.17) is 21.2 Å². The van der Waals surface area contributed by atoms with Crippen LogP contribution in [0.1, 0.15) is 84.0 Å². The average molecular weight is 579 g/mol. The van der Waals surface area contributed by atoms with Crippen molar-refractivity contribution in [1.82, 2.24) is 14.5 Å². The van der Waals surface area contributed by atoms with Gasteiger partial charge < -0.3 is 15.4 Å². The summed E-state index contributed by atoms with van der Waals surface area (Å²) in [4.78, 5) is 24.9. The molecule has 9 heteroatoms. The van der Waals surface area contributed by atoms with Crippen LogP contribution in [0, 0.1) is 5.92 Å². The molecule has 0 saturated carbocycles. The number of aliphatic imine (C=N–C) groups is 1. The van der Waals surface area contributed by atoms with Gasteiger partial charge in [-0.25, -0.2) is 14.4 Å². The van der Waals surface area contributed by atoms with Gasteiger partial charge in [-0.1, -0.05) is 51.1 Å². The van der Waals surface area contributed by atoms with Gasteiger partial charge in [0.15, 0.2) is 11.8 Å². The van der Waals surface area contributed by atoms with Gasteiger partial charge in [-0.2, -0.15) is 0 Å². The van der Waals surface area contributed by atoms with Gasteiger partial charge in [-0.3, -0.25) is 15.1 Å². The molecule has 0 bridgehead atoms. The van der Waals surface area contributed by atoms with Gasteiger partial charge in [0.2, 0.25) is 0 Å². The summed E-state index contributed by atoms with van der Waals surface area (Å²) in [6.07, 6.45) is 3.94. The molecule has 228 valence electrons. The number of guanidine groups is 1. The fourth-order valence-corrected chi connectivity index (χ4v) is 5.64. The second-order valence-electron chi connectivity index (χ2n) is 12.2. The Bertz CT molecular complexity index is 1410. The fourth-order valence-electron chi connectivity index (χ4n) is 5.64. The van der Waals surface area contributed by atoms with Crippen LogP contribution in [0.5, 0.6) is 0 Å². The zero-order valence-corrected chi connectivity index (χ0v) is 25.7. The van der Waals surface area contributed by atoms with Gasteiger partial charge in [-0.05, 0) is 75.6 Å². The maximum atomic E-state index is 13.2. The SMILES string of the molecule is CC1CN(C(N)=Nc2ccc3c(=O)n4c(nc3c2)C(c2ccccc2)CCC4)CC(C)O1.CCC(N)(F)CCC(C)C. The predicted octanol–water partition coefficient (Wildman–Crippen LogP) is 5.83. The van der Waals surface area contributed by atoms with Crippen molar-refractivity contribution in [1.29, 1.82) is 0 Å². The number of benzene rings is 2. The Morgan fingerprint density at radius 2 is 1.86 bits per heavy atom. The van der Waals surface area contributed by atoms with E-state index in [9.17, 15) is 9.18 Å². The molecule has 3 heterocycles. The lowest BCUT2D eigenvalue weighted by atomic mass is 9.90. The van der Waals surface area contributed by atoms with Gasteiger partial charge in [0.1, 0.15) is 5.82 Å². The van der Waals surface area contributed by atoms with Gasteiger partial charge in [0.25, 0.3) is 5.56 Å². The molecule has 0 aliphatic carbocycles. The molecule has 4 unspecified atom stereocenters. The number of ether oxygens (including phenoxy) is 1. The number of nitrogens with zero attached hydrogens (tertiary/aromatic N) is 4. The third kappa shape index (κ3) is 7.95. The molecule has 0 radical (unpaired) electrons. The topological polar surface area (TPSA) is 112 Å². The smallest absolute Gasteiger partial charge is 0.261 e. The first-order valence-corrected chi connectivity index (χ1v) is 15.3. The van der Waals surface area contributed by atoms with Crippen molar-refractivity contribution in [3.63, 3.8) is 0 Å². The molecule has 0 amide bonds. The van der Waals surface area contributed by atoms with Crippen molar-refractivity contribution < 1.29 is 9.13 Å². The van der Waals surface area contributed by atoms with Crippen LogP contribution in [-0.2, 0) is 11.3 Å². The van der Waals surface area contributed by atoms with E-state index in [1.54, 1.807) is 6.92 Å². The standard InChI is InChI=1S/C25H29N5O2.C8H18FN/c1-16-14-29(15-17(2)32-16)25(26)27-19-10-11-21-22(13-19)28-23-20(18-7-4-3-5-8-18)9-6-12-30(23)24(21)31;1-4-8(9,10)6-5-7(2)3/h3-5,7-8,10-11,13,16-17,20H,6,9,12,14-15H2,1-2H3,(H2,26,27);7H,4-6,10H2,1-3H3. The zero-order chi connectivity index (χ0) is 30.4. The Morgan fingerprint density at radius 3 is 2.50 bits per heavy atom. The van der Waals surface area contributed by atoms with E-state index < -0.39 is 5.79 Å². The molecule has 5 rings (SSSR count). The molecule has 4 N–H and O–H groups in total. The van der Waals surface area contributed by atoms with Crippen LogP contribution >= 0.6 is 0 Å². The Hall–Kier alpha value is -3.30. The van der Waals surface area contributed by atoms with Gasteiger partial charge in [0, 0.05) is 25.6 Å². The number of hydrogen-bond acceptors (Lipinski definition) is 5. The maximum Gasteiger partial charge on any atom is 0.261 e. The van der Waals surface area contributed by atoms with E-state index in [0.29, 0.717) is 60.9 Å². The largest absolute Gasteiger partial charge is 0.372 e. The van der Waals surface area contributed by atoms with Crippen LogP contribution in [0.2, 0.25) is 0 Å². The minimum Gasteiger partial charge on any atom is -0.372 e. The summed E-state index contributed by atoms with van der Waals surface area (Å²) >= 11 is 0. The second-order valence-corrected chi connectivity index (χ2v) is 12.2. The summed E-state index contributed by atoms with van der Waals surface area (Å²) < 4.78 is 20.6. The van der Waals surface area contributed by atoms with Crippen LogP contribution in [0.15, 0.2) is 58.3 Å². The highest BCUT2D eigenvalue weighted by molar-refractivity contribution is 5.85. The van der Waals surface area contributed by atoms with Crippen molar-refractivity contribution >= 4 is 22.5 Å². The molecule has 2 aromatic carbocycles. The molecule has 2 aliphatic rings. The molecule has 1 aromatic heterocycles.